The Hall–Kier alpha value is -1.10. The molecule has 1 unspecified atom stereocenters. The van der Waals surface area contributed by atoms with Crippen molar-refractivity contribution in [1.29, 1.82) is 0 Å². The van der Waals surface area contributed by atoms with E-state index >= 15 is 0 Å². The molecule has 1 fully saturated rings. The minimum Gasteiger partial charge on any atom is -0.508 e. The van der Waals surface area contributed by atoms with Gasteiger partial charge >= 0.3 is 0 Å². The number of phenols is 1. The molecule has 3 N–H and O–H groups in total. The molecule has 18 heavy (non-hydrogen) atoms. The summed E-state index contributed by atoms with van der Waals surface area (Å²) in [5, 5.41) is 22.6. The Morgan fingerprint density at radius 3 is 2.61 bits per heavy atom. The Kier molecular flexibility index (Phi) is 4.22. The molecule has 1 heterocycles. The first-order chi connectivity index (χ1) is 8.66. The fourth-order valence-corrected chi connectivity index (χ4v) is 2.53. The molecular formula is C14H22N2O2. The van der Waals surface area contributed by atoms with Gasteiger partial charge in [0.2, 0.25) is 0 Å². The third-order valence-electron chi connectivity index (χ3n) is 3.84. The smallest absolute Gasteiger partial charge is 0.115 e. The van der Waals surface area contributed by atoms with E-state index in [4.69, 9.17) is 0 Å². The second-order valence-electron chi connectivity index (χ2n) is 5.07. The van der Waals surface area contributed by atoms with Crippen molar-refractivity contribution in [2.45, 2.75) is 18.9 Å². The van der Waals surface area contributed by atoms with E-state index in [1.165, 1.54) is 0 Å². The number of phenolic OH excluding ortho intramolecular Hbond substituents is 1. The average Bonchev–Trinajstić information content (AvgIpc) is 2.68. The molecule has 100 valence electrons. The van der Waals surface area contributed by atoms with Gasteiger partial charge in [-0.3, -0.25) is 4.90 Å². The van der Waals surface area contributed by atoms with E-state index in [0.717, 1.165) is 38.2 Å². The average molecular weight is 250 g/mol. The molecule has 1 aromatic rings. The third kappa shape index (κ3) is 2.66. The highest BCUT2D eigenvalue weighted by atomic mass is 16.3. The van der Waals surface area contributed by atoms with Gasteiger partial charge in [-0.2, -0.15) is 0 Å². The van der Waals surface area contributed by atoms with Crippen LogP contribution < -0.4 is 5.32 Å². The number of nitrogens with zero attached hydrogens (tertiary/aromatic N) is 1. The summed E-state index contributed by atoms with van der Waals surface area (Å²) >= 11 is 0. The van der Waals surface area contributed by atoms with Crippen molar-refractivity contribution in [1.82, 2.24) is 10.2 Å². The second kappa shape index (κ2) is 5.69. The SMILES string of the molecule is CC(CO)(c1ccc(O)cc1)N1CCCNCC1. The normalized spacial score (nSPS) is 21.2. The molecular weight excluding hydrogens is 228 g/mol. The van der Waals surface area contributed by atoms with Gasteiger partial charge in [-0.1, -0.05) is 12.1 Å². The van der Waals surface area contributed by atoms with Gasteiger partial charge in [-0.05, 0) is 37.6 Å². The summed E-state index contributed by atoms with van der Waals surface area (Å²) in [6, 6.07) is 7.15. The van der Waals surface area contributed by atoms with Crippen molar-refractivity contribution in [3.63, 3.8) is 0 Å². The van der Waals surface area contributed by atoms with Crippen molar-refractivity contribution in [3.05, 3.63) is 29.8 Å². The van der Waals surface area contributed by atoms with Crippen LogP contribution in [-0.4, -0.2) is 47.9 Å². The highest BCUT2D eigenvalue weighted by molar-refractivity contribution is 5.31. The lowest BCUT2D eigenvalue weighted by molar-refractivity contribution is 0.0452. The summed E-state index contributed by atoms with van der Waals surface area (Å²) in [5.74, 6) is 0.261. The largest absolute Gasteiger partial charge is 0.508 e. The van der Waals surface area contributed by atoms with Crippen LogP contribution >= 0.6 is 0 Å². The Morgan fingerprint density at radius 1 is 1.22 bits per heavy atom. The molecule has 4 nitrogen and oxygen atoms in total. The molecule has 1 aromatic carbocycles. The summed E-state index contributed by atoms with van der Waals surface area (Å²) in [7, 11) is 0. The van der Waals surface area contributed by atoms with Crippen LogP contribution in [0, 0.1) is 0 Å². The highest BCUT2D eigenvalue weighted by Crippen LogP contribution is 2.29. The molecule has 0 radical (unpaired) electrons. The van der Waals surface area contributed by atoms with E-state index in [1.54, 1.807) is 12.1 Å². The topological polar surface area (TPSA) is 55.7 Å². The maximum absolute atomic E-state index is 9.83. The van der Waals surface area contributed by atoms with E-state index in [2.05, 4.69) is 17.1 Å². The summed E-state index contributed by atoms with van der Waals surface area (Å²) in [6.07, 6.45) is 1.09. The summed E-state index contributed by atoms with van der Waals surface area (Å²) in [4.78, 5) is 2.32. The van der Waals surface area contributed by atoms with Crippen LogP contribution in [0.5, 0.6) is 5.75 Å². The van der Waals surface area contributed by atoms with E-state index in [0.29, 0.717) is 0 Å². The zero-order valence-corrected chi connectivity index (χ0v) is 10.9. The maximum atomic E-state index is 9.83. The predicted molar refractivity (Wildman–Crippen MR) is 71.6 cm³/mol. The number of benzene rings is 1. The van der Waals surface area contributed by atoms with Crippen LogP contribution in [-0.2, 0) is 5.54 Å². The zero-order valence-electron chi connectivity index (χ0n) is 10.9. The number of hydrogen-bond donors (Lipinski definition) is 3. The molecule has 0 saturated carbocycles. The fraction of sp³-hybridized carbons (Fsp3) is 0.571. The lowest BCUT2D eigenvalue weighted by Crippen LogP contribution is -2.48. The molecule has 4 heteroatoms. The molecule has 0 amide bonds. The van der Waals surface area contributed by atoms with E-state index in [1.807, 2.05) is 12.1 Å². The monoisotopic (exact) mass is 250 g/mol. The van der Waals surface area contributed by atoms with Gasteiger partial charge in [0.05, 0.1) is 12.1 Å². The van der Waals surface area contributed by atoms with Crippen LogP contribution in [0.15, 0.2) is 24.3 Å². The fourth-order valence-electron chi connectivity index (χ4n) is 2.53. The van der Waals surface area contributed by atoms with Crippen molar-refractivity contribution in [3.8, 4) is 5.75 Å². The Bertz CT molecular complexity index is 372. The predicted octanol–water partition coefficient (Wildman–Crippen LogP) is 0.895. The van der Waals surface area contributed by atoms with Gasteiger partial charge in [-0.15, -0.1) is 0 Å². The van der Waals surface area contributed by atoms with Crippen LogP contribution in [0.25, 0.3) is 0 Å². The second-order valence-corrected chi connectivity index (χ2v) is 5.07. The van der Waals surface area contributed by atoms with E-state index in [9.17, 15) is 10.2 Å². The van der Waals surface area contributed by atoms with Gasteiger partial charge < -0.3 is 15.5 Å². The number of rotatable bonds is 3. The van der Waals surface area contributed by atoms with Crippen LogP contribution in [0.3, 0.4) is 0 Å². The molecule has 1 saturated heterocycles. The molecule has 1 aliphatic heterocycles. The number of hydrogen-bond acceptors (Lipinski definition) is 4. The Balaban J connectivity index is 2.25. The van der Waals surface area contributed by atoms with Gasteiger partial charge in [0.1, 0.15) is 5.75 Å². The molecule has 2 rings (SSSR count). The number of aliphatic hydroxyl groups excluding tert-OH is 1. The van der Waals surface area contributed by atoms with Crippen molar-refractivity contribution in [2.75, 3.05) is 32.8 Å². The summed E-state index contributed by atoms with van der Waals surface area (Å²) in [6.45, 7) is 6.03. The van der Waals surface area contributed by atoms with Gasteiger partial charge in [-0.25, -0.2) is 0 Å². The third-order valence-corrected chi connectivity index (χ3v) is 3.84. The molecule has 1 aliphatic rings. The Labute approximate surface area is 108 Å². The zero-order chi connectivity index (χ0) is 13.0. The highest BCUT2D eigenvalue weighted by Gasteiger charge is 2.33. The van der Waals surface area contributed by atoms with Crippen LogP contribution in [0.1, 0.15) is 18.9 Å². The standard InChI is InChI=1S/C14H22N2O2/c1-14(11-17,12-3-5-13(18)6-4-12)16-9-2-7-15-8-10-16/h3-6,15,17-18H,2,7-11H2,1H3. The number of nitrogens with one attached hydrogen (secondary N) is 1. The molecule has 0 spiro atoms. The molecule has 0 aromatic heterocycles. The van der Waals surface area contributed by atoms with E-state index in [-0.39, 0.29) is 17.9 Å². The van der Waals surface area contributed by atoms with Crippen molar-refractivity contribution in [2.24, 2.45) is 0 Å². The maximum Gasteiger partial charge on any atom is 0.115 e. The first-order valence-corrected chi connectivity index (χ1v) is 6.53. The quantitative estimate of drug-likeness (QED) is 0.746. The molecule has 1 atom stereocenters. The lowest BCUT2D eigenvalue weighted by atomic mass is 9.90. The van der Waals surface area contributed by atoms with Gasteiger partial charge in [0, 0.05) is 19.6 Å². The Morgan fingerprint density at radius 2 is 1.94 bits per heavy atom. The van der Waals surface area contributed by atoms with Crippen molar-refractivity contribution >= 4 is 0 Å². The van der Waals surface area contributed by atoms with Gasteiger partial charge in [0.15, 0.2) is 0 Å². The van der Waals surface area contributed by atoms with E-state index < -0.39 is 0 Å². The van der Waals surface area contributed by atoms with Crippen molar-refractivity contribution < 1.29 is 10.2 Å². The van der Waals surface area contributed by atoms with Crippen LogP contribution in [0.2, 0.25) is 0 Å². The lowest BCUT2D eigenvalue weighted by Gasteiger charge is -2.40. The first kappa shape index (κ1) is 13.3. The van der Waals surface area contributed by atoms with Crippen LogP contribution in [0.4, 0.5) is 0 Å². The van der Waals surface area contributed by atoms with Gasteiger partial charge in [0.25, 0.3) is 0 Å². The number of aromatic hydroxyl groups is 1. The first-order valence-electron chi connectivity index (χ1n) is 6.53. The summed E-state index contributed by atoms with van der Waals surface area (Å²) in [5.41, 5.74) is 0.671. The minimum atomic E-state index is -0.375. The number of aliphatic hydroxyl groups is 1. The minimum absolute atomic E-state index is 0.0811. The molecule has 0 aliphatic carbocycles. The summed E-state index contributed by atoms with van der Waals surface area (Å²) < 4.78 is 0. The molecule has 0 bridgehead atoms.